The Morgan fingerprint density at radius 2 is 1.40 bits per heavy atom. The van der Waals surface area contributed by atoms with Crippen LogP contribution in [0.25, 0.3) is 0 Å². The van der Waals surface area contributed by atoms with Crippen LogP contribution in [0.2, 0.25) is 9.88 Å². The third-order valence-electron chi connectivity index (χ3n) is 0. The average Bonchev–Trinajstić information content (AvgIpc) is 0.811. The summed E-state index contributed by atoms with van der Waals surface area (Å²) in [6.07, 6.45) is 0. The Labute approximate surface area is 54.5 Å². The van der Waals surface area contributed by atoms with Gasteiger partial charge in [0.2, 0.25) is 0 Å². The number of hydrogen-bond donors (Lipinski definition) is 0. The second kappa shape index (κ2) is 5.62. The topological polar surface area (TPSA) is 0 Å². The van der Waals surface area contributed by atoms with E-state index in [4.69, 9.17) is 8.92 Å². The Bertz CT molecular complexity index is 14.4. The molecule has 0 fully saturated rings. The van der Waals surface area contributed by atoms with Crippen LogP contribution in [0.5, 0.6) is 0 Å². The molecule has 0 N–H and O–H groups in total. The summed E-state index contributed by atoms with van der Waals surface area (Å²) in [4.78, 5) is 4.28. The van der Waals surface area contributed by atoms with Gasteiger partial charge in [0, 0.05) is 0 Å². The van der Waals surface area contributed by atoms with Crippen molar-refractivity contribution in [1.29, 1.82) is 0 Å². The van der Waals surface area contributed by atoms with Crippen LogP contribution in [0.1, 0.15) is 0 Å². The van der Waals surface area contributed by atoms with Gasteiger partial charge in [0.05, 0.1) is 0 Å². The summed E-state index contributed by atoms with van der Waals surface area (Å²) >= 11 is -1.16. The molecule has 0 aromatic carbocycles. The molecule has 0 rings (SSSR count). The molecule has 32 valence electrons. The van der Waals surface area contributed by atoms with Crippen molar-refractivity contribution in [2.45, 2.75) is 9.88 Å². The van der Waals surface area contributed by atoms with E-state index in [9.17, 15) is 0 Å². The molecule has 3 heteroatoms. The number of hydrogen-bond acceptors (Lipinski definition) is 0. The van der Waals surface area contributed by atoms with E-state index in [1.165, 1.54) is 0 Å². The first-order valence-electron chi connectivity index (χ1n) is 1.37. The fourth-order valence-electron chi connectivity index (χ4n) is 0. The van der Waals surface area contributed by atoms with Gasteiger partial charge in [-0.15, -0.1) is 0 Å². The van der Waals surface area contributed by atoms with E-state index in [0.29, 0.717) is 0 Å². The van der Waals surface area contributed by atoms with E-state index in [1.807, 2.05) is 0 Å². The van der Waals surface area contributed by atoms with Crippen molar-refractivity contribution in [1.82, 2.24) is 0 Å². The molecule has 5 heavy (non-hydrogen) atoms. The second-order valence-electron chi connectivity index (χ2n) is 1.01. The zero-order valence-corrected chi connectivity index (χ0v) is 7.01. The van der Waals surface area contributed by atoms with Crippen LogP contribution in [0.3, 0.4) is 0 Å². The van der Waals surface area contributed by atoms with E-state index in [2.05, 4.69) is 9.88 Å². The van der Waals surface area contributed by atoms with Crippen molar-refractivity contribution in [2.75, 3.05) is 0 Å². The monoisotopic (exact) mass is 216 g/mol. The zero-order chi connectivity index (χ0) is 3.58. The Hall–Kier alpha value is 1.62. The molecule has 0 nitrogen and oxygen atoms in total. The van der Waals surface area contributed by atoms with Gasteiger partial charge in [-0.05, 0) is 0 Å². The minimum atomic E-state index is -1.16. The van der Waals surface area contributed by atoms with Gasteiger partial charge in [-0.1, -0.05) is 0 Å². The number of rotatable bonds is 0. The molecule has 0 aliphatic rings. The molecule has 0 aromatic heterocycles. The fourth-order valence-corrected chi connectivity index (χ4v) is 0. The molecule has 0 heterocycles. The van der Waals surface area contributed by atoms with Crippen molar-refractivity contribution in [2.24, 2.45) is 0 Å². The van der Waals surface area contributed by atoms with Crippen LogP contribution >= 0.6 is 8.92 Å². The van der Waals surface area contributed by atoms with Crippen molar-refractivity contribution in [3.8, 4) is 0 Å². The predicted molar refractivity (Wildman–Crippen MR) is 34.7 cm³/mol. The molecule has 0 aliphatic heterocycles. The first-order chi connectivity index (χ1) is 1.73. The van der Waals surface area contributed by atoms with Gasteiger partial charge in [0.15, 0.2) is 17.4 Å². The normalized spacial score (nSPS) is 7.20. The molecular weight excluding hydrogens is 205 g/mol. The first-order valence-corrected chi connectivity index (χ1v) is 12.1. The van der Waals surface area contributed by atoms with Crippen molar-refractivity contribution in [3.05, 3.63) is 0 Å². The van der Waals surface area contributed by atoms with Crippen LogP contribution in [-0.2, 0) is 0 Å². The van der Waals surface area contributed by atoms with Crippen molar-refractivity contribution < 1.29 is 0 Å². The third kappa shape index (κ3) is 28.0. The van der Waals surface area contributed by atoms with Crippen LogP contribution in [-0.4, -0.2) is 36.0 Å². The fraction of sp³-hybridized carbons (Fsp3) is 1.00. The summed E-state index contributed by atoms with van der Waals surface area (Å²) < 4.78 is 0. The molecule has 0 unspecified atom stereocenters. The van der Waals surface area contributed by atoms with E-state index < -0.39 is 18.6 Å². The van der Waals surface area contributed by atoms with Gasteiger partial charge < -0.3 is 0 Å². The zero-order valence-electron chi connectivity index (χ0n) is 2.96. The van der Waals surface area contributed by atoms with Crippen LogP contribution in [0.15, 0.2) is 0 Å². The van der Waals surface area contributed by atoms with Gasteiger partial charge in [-0.2, -0.15) is 0 Å². The van der Waals surface area contributed by atoms with E-state index in [1.54, 1.807) is 0 Å². The Morgan fingerprint density at radius 3 is 1.40 bits per heavy atom. The van der Waals surface area contributed by atoms with Gasteiger partial charge in [0.25, 0.3) is 0 Å². The van der Waals surface area contributed by atoms with Crippen LogP contribution in [0, 0.1) is 0 Å². The Balaban J connectivity index is 0. The predicted octanol–water partition coefficient (Wildman–Crippen LogP) is 0.0247. The van der Waals surface area contributed by atoms with Gasteiger partial charge in [-0.3, -0.25) is 0 Å². The molecule has 0 aliphatic carbocycles. The molecule has 0 saturated heterocycles. The molecule has 0 spiro atoms. The molecule has 0 radical (unpaired) electrons. The van der Waals surface area contributed by atoms with Crippen LogP contribution < -0.4 is 0 Å². The second-order valence-corrected chi connectivity index (χ2v) is 12.7. The Morgan fingerprint density at radius 1 is 1.40 bits per heavy atom. The van der Waals surface area contributed by atoms with E-state index >= 15 is 0 Å². The summed E-state index contributed by atoms with van der Waals surface area (Å²) in [5, 5.41) is 0. The van der Waals surface area contributed by atoms with Gasteiger partial charge in [-0.25, -0.2) is 0 Å². The molecule has 0 amide bonds. The summed E-state index contributed by atoms with van der Waals surface area (Å²) in [7, 11) is 5.48. The number of halogens is 1. The molecule has 0 bridgehead atoms. The Kier molecular flexibility index (Phi) is 11.0. The SMILES string of the molecule is [AlH3].[CH3][SnH]([CH3])[Cl]. The third-order valence-corrected chi connectivity index (χ3v) is 0. The quantitative estimate of drug-likeness (QED) is 0.500. The molecule has 0 atom stereocenters. The summed E-state index contributed by atoms with van der Waals surface area (Å²) in [5.41, 5.74) is 0. The van der Waals surface area contributed by atoms with Crippen molar-refractivity contribution >= 4 is 44.9 Å². The van der Waals surface area contributed by atoms with E-state index in [-0.39, 0.29) is 17.4 Å². The van der Waals surface area contributed by atoms with Gasteiger partial charge in [0.1, 0.15) is 0 Å². The van der Waals surface area contributed by atoms with Crippen LogP contribution in [0.4, 0.5) is 0 Å². The first kappa shape index (κ1) is 9.80. The van der Waals surface area contributed by atoms with Crippen molar-refractivity contribution in [3.63, 3.8) is 0 Å². The summed E-state index contributed by atoms with van der Waals surface area (Å²) in [6, 6.07) is 0. The standard InChI is InChI=1S/2CH3.Al.ClH.Sn.4H/h2*1H3;;1H;;;;;/q;;;;+1;;;;/p-1. The van der Waals surface area contributed by atoms with E-state index in [0.717, 1.165) is 0 Å². The average molecular weight is 215 g/mol. The summed E-state index contributed by atoms with van der Waals surface area (Å²) in [5.74, 6) is 0. The minimum absolute atomic E-state index is 0. The maximum atomic E-state index is 5.48. The molecule has 0 saturated carbocycles. The maximum absolute atomic E-state index is 5.48. The molecule has 0 aromatic rings. The summed E-state index contributed by atoms with van der Waals surface area (Å²) in [6.45, 7) is 0. The van der Waals surface area contributed by atoms with Gasteiger partial charge >= 0.3 is 37.4 Å². The molecular formula is C2H10AlClSn.